The van der Waals surface area contributed by atoms with Crippen LogP contribution in [-0.2, 0) is 4.74 Å². The first-order chi connectivity index (χ1) is 17.9. The van der Waals surface area contributed by atoms with Crippen LogP contribution in [0.4, 0.5) is 10.1 Å². The molecule has 0 aliphatic rings. The Labute approximate surface area is 210 Å². The second-order valence-electron chi connectivity index (χ2n) is 7.71. The van der Waals surface area contributed by atoms with Crippen LogP contribution in [0.25, 0.3) is 5.95 Å². The summed E-state index contributed by atoms with van der Waals surface area (Å²) in [5, 5.41) is 15.1. The number of halogens is 1. The number of amidine groups is 1. The third-order valence-corrected chi connectivity index (χ3v) is 5.29. The maximum Gasteiger partial charge on any atom is 0.350 e. The number of rotatable bonds is 11. The van der Waals surface area contributed by atoms with Crippen molar-refractivity contribution in [2.24, 2.45) is 5.73 Å². The molecule has 0 amide bonds. The fraction of sp³-hybridized carbons (Fsp3) is 0.208. The van der Waals surface area contributed by atoms with Crippen LogP contribution < -0.4 is 26.2 Å². The van der Waals surface area contributed by atoms with Crippen LogP contribution in [0.2, 0.25) is 0 Å². The SMILES string of the molecule is COCCOc1cc(OC)cc(C(Nc2ccc(C(=N)N)cc2)c2nn(-c3ncccn3)c(=O)[nH]2)c1F. The molecule has 0 saturated carbocycles. The summed E-state index contributed by atoms with van der Waals surface area (Å²) in [4.78, 5) is 23.5. The van der Waals surface area contributed by atoms with Crippen LogP contribution in [0.3, 0.4) is 0 Å². The summed E-state index contributed by atoms with van der Waals surface area (Å²) in [5.41, 5.74) is 6.10. The number of nitrogen functional groups attached to an aromatic ring is 1. The normalized spacial score (nSPS) is 11.6. The molecule has 5 N–H and O–H groups in total. The number of nitrogens with one attached hydrogen (secondary N) is 3. The number of hydrogen-bond donors (Lipinski definition) is 4. The van der Waals surface area contributed by atoms with Gasteiger partial charge in [-0.1, -0.05) is 0 Å². The highest BCUT2D eigenvalue weighted by Gasteiger charge is 2.27. The van der Waals surface area contributed by atoms with Crippen LogP contribution in [-0.4, -0.2) is 58.0 Å². The van der Waals surface area contributed by atoms with E-state index in [2.05, 4.69) is 25.4 Å². The Balaban J connectivity index is 1.82. The minimum absolute atomic E-state index is 0.0502. The first kappa shape index (κ1) is 25.3. The number of anilines is 1. The number of ether oxygens (including phenoxy) is 3. The van der Waals surface area contributed by atoms with E-state index in [0.29, 0.717) is 17.0 Å². The lowest BCUT2D eigenvalue weighted by Gasteiger charge is -2.21. The van der Waals surface area contributed by atoms with Crippen molar-refractivity contribution in [3.8, 4) is 17.4 Å². The molecule has 0 aliphatic carbocycles. The van der Waals surface area contributed by atoms with E-state index in [9.17, 15) is 4.79 Å². The van der Waals surface area contributed by atoms with Gasteiger partial charge in [0.2, 0.25) is 0 Å². The molecule has 13 heteroatoms. The van der Waals surface area contributed by atoms with E-state index in [1.807, 2.05) is 0 Å². The highest BCUT2D eigenvalue weighted by molar-refractivity contribution is 5.95. The van der Waals surface area contributed by atoms with Gasteiger partial charge < -0.3 is 25.3 Å². The Morgan fingerprint density at radius 2 is 1.92 bits per heavy atom. The summed E-state index contributed by atoms with van der Waals surface area (Å²) in [6.45, 7) is 0.367. The molecular weight excluding hydrogens is 483 g/mol. The van der Waals surface area contributed by atoms with Crippen molar-refractivity contribution in [3.63, 3.8) is 0 Å². The molecule has 0 saturated heterocycles. The van der Waals surface area contributed by atoms with Gasteiger partial charge in [-0.05, 0) is 36.4 Å². The molecule has 0 spiro atoms. The van der Waals surface area contributed by atoms with Gasteiger partial charge in [0.15, 0.2) is 17.4 Å². The van der Waals surface area contributed by atoms with E-state index in [-0.39, 0.29) is 42.1 Å². The van der Waals surface area contributed by atoms with Gasteiger partial charge in [0.25, 0.3) is 5.95 Å². The summed E-state index contributed by atoms with van der Waals surface area (Å²) >= 11 is 0. The molecule has 0 bridgehead atoms. The molecule has 0 radical (unpaired) electrons. The lowest BCUT2D eigenvalue weighted by atomic mass is 10.0. The predicted molar refractivity (Wildman–Crippen MR) is 133 cm³/mol. The minimum Gasteiger partial charge on any atom is -0.497 e. The standard InChI is InChI=1S/C24H25FN8O4/c1-35-10-11-37-18-13-16(36-2)12-17(19(18)25)20(30-15-6-4-14(5-7-15)21(26)27)22-31-24(34)33(32-22)23-28-8-3-9-29-23/h3-9,12-13,20,30H,10-11H2,1-2H3,(H3,26,27)(H,31,32,34). The molecule has 0 fully saturated rings. The first-order valence-corrected chi connectivity index (χ1v) is 11.1. The van der Waals surface area contributed by atoms with Gasteiger partial charge in [0.05, 0.1) is 13.7 Å². The van der Waals surface area contributed by atoms with Crippen LogP contribution in [0.15, 0.2) is 59.7 Å². The number of nitrogens with zero attached hydrogens (tertiary/aromatic N) is 4. The lowest BCUT2D eigenvalue weighted by molar-refractivity contribution is 0.143. The molecule has 2 heterocycles. The van der Waals surface area contributed by atoms with Gasteiger partial charge in [0.1, 0.15) is 24.2 Å². The topological polar surface area (TPSA) is 166 Å². The number of nitrogens with two attached hydrogens (primary N) is 1. The molecular formula is C24H25FN8O4. The molecule has 37 heavy (non-hydrogen) atoms. The van der Waals surface area contributed by atoms with Crippen molar-refractivity contribution in [1.82, 2.24) is 24.7 Å². The van der Waals surface area contributed by atoms with Crippen molar-refractivity contribution in [1.29, 1.82) is 5.41 Å². The summed E-state index contributed by atoms with van der Waals surface area (Å²) in [7, 11) is 2.96. The number of aromatic nitrogens is 5. The van der Waals surface area contributed by atoms with Gasteiger partial charge in [-0.2, -0.15) is 0 Å². The average molecular weight is 509 g/mol. The van der Waals surface area contributed by atoms with Crippen molar-refractivity contribution in [2.45, 2.75) is 6.04 Å². The lowest BCUT2D eigenvalue weighted by Crippen LogP contribution is -2.18. The number of H-pyrrole nitrogens is 1. The molecule has 2 aromatic heterocycles. The Bertz CT molecular complexity index is 1420. The molecule has 4 rings (SSSR count). The first-order valence-electron chi connectivity index (χ1n) is 11.1. The van der Waals surface area contributed by atoms with Crippen molar-refractivity contribution in [2.75, 3.05) is 32.8 Å². The van der Waals surface area contributed by atoms with E-state index in [4.69, 9.17) is 25.4 Å². The number of methoxy groups -OCH3 is 2. The van der Waals surface area contributed by atoms with Crippen LogP contribution >= 0.6 is 0 Å². The zero-order chi connectivity index (χ0) is 26.4. The summed E-state index contributed by atoms with van der Waals surface area (Å²) in [6.07, 6.45) is 2.95. The Morgan fingerprint density at radius 3 is 2.57 bits per heavy atom. The second kappa shape index (κ2) is 11.3. The number of aromatic amines is 1. The largest absolute Gasteiger partial charge is 0.497 e. The zero-order valence-corrected chi connectivity index (χ0v) is 20.1. The molecule has 1 unspecified atom stereocenters. The monoisotopic (exact) mass is 508 g/mol. The van der Waals surface area contributed by atoms with Gasteiger partial charge >= 0.3 is 5.69 Å². The van der Waals surface area contributed by atoms with Gasteiger partial charge in [-0.15, -0.1) is 9.78 Å². The Hall–Kier alpha value is -4.78. The summed E-state index contributed by atoms with van der Waals surface area (Å²) < 4.78 is 32.7. The van der Waals surface area contributed by atoms with E-state index in [0.717, 1.165) is 4.68 Å². The summed E-state index contributed by atoms with van der Waals surface area (Å²) in [5.74, 6) is -0.363. The van der Waals surface area contributed by atoms with E-state index in [1.165, 1.54) is 38.7 Å². The Kier molecular flexibility index (Phi) is 7.74. The third-order valence-electron chi connectivity index (χ3n) is 5.29. The highest BCUT2D eigenvalue weighted by Crippen LogP contribution is 2.35. The molecule has 192 valence electrons. The summed E-state index contributed by atoms with van der Waals surface area (Å²) in [6, 6.07) is 10.1. The van der Waals surface area contributed by atoms with Crippen LogP contribution in [0.5, 0.6) is 11.5 Å². The molecule has 0 aliphatic heterocycles. The fourth-order valence-electron chi connectivity index (χ4n) is 3.47. The van der Waals surface area contributed by atoms with Crippen molar-refractivity contribution in [3.05, 3.63) is 88.1 Å². The van der Waals surface area contributed by atoms with Crippen molar-refractivity contribution < 1.29 is 18.6 Å². The average Bonchev–Trinajstić information content (AvgIpc) is 3.30. The number of hydrogen-bond acceptors (Lipinski definition) is 9. The minimum atomic E-state index is -0.999. The van der Waals surface area contributed by atoms with E-state index >= 15 is 4.39 Å². The Morgan fingerprint density at radius 1 is 1.19 bits per heavy atom. The van der Waals surface area contributed by atoms with Crippen molar-refractivity contribution >= 4 is 11.5 Å². The van der Waals surface area contributed by atoms with E-state index in [1.54, 1.807) is 30.3 Å². The molecule has 4 aromatic rings. The third kappa shape index (κ3) is 5.73. The molecule has 12 nitrogen and oxygen atoms in total. The zero-order valence-electron chi connectivity index (χ0n) is 20.1. The molecule has 2 aromatic carbocycles. The van der Waals surface area contributed by atoms with Crippen LogP contribution in [0, 0.1) is 11.2 Å². The quantitative estimate of drug-likeness (QED) is 0.135. The maximum atomic E-state index is 15.8. The van der Waals surface area contributed by atoms with Gasteiger partial charge in [0, 0.05) is 42.4 Å². The fourth-order valence-corrected chi connectivity index (χ4v) is 3.47. The predicted octanol–water partition coefficient (Wildman–Crippen LogP) is 2.01. The maximum absolute atomic E-state index is 15.8. The smallest absolute Gasteiger partial charge is 0.350 e. The van der Waals surface area contributed by atoms with Gasteiger partial charge in [-0.3, -0.25) is 10.4 Å². The van der Waals surface area contributed by atoms with E-state index < -0.39 is 17.5 Å². The highest BCUT2D eigenvalue weighted by atomic mass is 19.1. The van der Waals surface area contributed by atoms with Crippen LogP contribution in [0.1, 0.15) is 23.0 Å². The molecule has 1 atom stereocenters. The second-order valence-corrected chi connectivity index (χ2v) is 7.71. The number of benzene rings is 2. The van der Waals surface area contributed by atoms with Gasteiger partial charge in [-0.25, -0.2) is 19.2 Å².